The van der Waals surface area contributed by atoms with Crippen LogP contribution < -0.4 is 10.6 Å². The fourth-order valence-corrected chi connectivity index (χ4v) is 2.02. The molecule has 1 aliphatic rings. The van der Waals surface area contributed by atoms with Gasteiger partial charge in [0.05, 0.1) is 17.0 Å². The van der Waals surface area contributed by atoms with Crippen LogP contribution in [0.3, 0.4) is 0 Å². The molecule has 0 aromatic carbocycles. The van der Waals surface area contributed by atoms with E-state index in [9.17, 15) is 9.00 Å². The molecule has 13 heavy (non-hydrogen) atoms. The zero-order valence-electron chi connectivity index (χ0n) is 7.60. The highest BCUT2D eigenvalue weighted by atomic mass is 32.2. The van der Waals surface area contributed by atoms with Gasteiger partial charge in [0.25, 0.3) is 0 Å². The number of hydrazine groups is 1. The third-order valence-electron chi connectivity index (χ3n) is 1.98. The summed E-state index contributed by atoms with van der Waals surface area (Å²) in [5.74, 6) is 5.32. The predicted octanol–water partition coefficient (Wildman–Crippen LogP) is -0.877. The topological polar surface area (TPSA) is 75.4 Å². The molecule has 1 amide bonds. The summed E-state index contributed by atoms with van der Waals surface area (Å²) >= 11 is 0. The van der Waals surface area contributed by atoms with Crippen molar-refractivity contribution in [3.05, 3.63) is 0 Å². The van der Waals surface area contributed by atoms with Crippen molar-refractivity contribution in [3.63, 3.8) is 0 Å². The van der Waals surface area contributed by atoms with Crippen LogP contribution in [-0.4, -0.2) is 33.5 Å². The standard InChI is InChI=1S/C7H15N3O2S/c1-6(10(8)5-11)4-9-13(12)7-2-3-7/h5-7,9H,2-4,8H2,1H3. The van der Waals surface area contributed by atoms with Crippen molar-refractivity contribution in [1.29, 1.82) is 0 Å². The molecule has 1 fully saturated rings. The third kappa shape index (κ3) is 3.41. The molecule has 1 saturated carbocycles. The van der Waals surface area contributed by atoms with Crippen LogP contribution >= 0.6 is 0 Å². The first-order chi connectivity index (χ1) is 6.15. The van der Waals surface area contributed by atoms with E-state index in [0.29, 0.717) is 18.2 Å². The van der Waals surface area contributed by atoms with Gasteiger partial charge in [-0.25, -0.2) is 14.8 Å². The van der Waals surface area contributed by atoms with Crippen molar-refractivity contribution in [1.82, 2.24) is 9.73 Å². The average Bonchev–Trinajstić information content (AvgIpc) is 2.95. The molecule has 1 aliphatic carbocycles. The number of carbonyl (C=O) groups is 1. The van der Waals surface area contributed by atoms with E-state index in [4.69, 9.17) is 5.84 Å². The van der Waals surface area contributed by atoms with E-state index in [1.165, 1.54) is 0 Å². The van der Waals surface area contributed by atoms with Crippen molar-refractivity contribution in [3.8, 4) is 0 Å². The zero-order valence-corrected chi connectivity index (χ0v) is 8.42. The Hall–Kier alpha value is -0.460. The van der Waals surface area contributed by atoms with Crippen LogP contribution in [0.25, 0.3) is 0 Å². The summed E-state index contributed by atoms with van der Waals surface area (Å²) in [4.78, 5) is 10.2. The minimum absolute atomic E-state index is 0.125. The van der Waals surface area contributed by atoms with Crippen LogP contribution in [0.2, 0.25) is 0 Å². The van der Waals surface area contributed by atoms with Gasteiger partial charge < -0.3 is 0 Å². The van der Waals surface area contributed by atoms with Crippen molar-refractivity contribution < 1.29 is 9.00 Å². The predicted molar refractivity (Wildman–Crippen MR) is 50.7 cm³/mol. The molecule has 76 valence electrons. The number of hydrogen-bond donors (Lipinski definition) is 2. The highest BCUT2D eigenvalue weighted by Gasteiger charge is 2.28. The van der Waals surface area contributed by atoms with Gasteiger partial charge in [-0.1, -0.05) is 0 Å². The normalized spacial score (nSPS) is 20.8. The molecule has 5 nitrogen and oxygen atoms in total. The average molecular weight is 205 g/mol. The van der Waals surface area contributed by atoms with Gasteiger partial charge in [-0.05, 0) is 19.8 Å². The number of hydrogen-bond acceptors (Lipinski definition) is 3. The third-order valence-corrected chi connectivity index (χ3v) is 3.51. The van der Waals surface area contributed by atoms with Crippen molar-refractivity contribution in [2.24, 2.45) is 5.84 Å². The lowest BCUT2D eigenvalue weighted by atomic mass is 10.3. The highest BCUT2D eigenvalue weighted by Crippen LogP contribution is 2.24. The summed E-state index contributed by atoms with van der Waals surface area (Å²) in [5.41, 5.74) is 0. The first-order valence-electron chi connectivity index (χ1n) is 4.27. The van der Waals surface area contributed by atoms with Crippen molar-refractivity contribution in [2.75, 3.05) is 6.54 Å². The molecule has 0 spiro atoms. The Kier molecular flexibility index (Phi) is 3.83. The van der Waals surface area contributed by atoms with E-state index in [1.54, 1.807) is 6.92 Å². The zero-order chi connectivity index (χ0) is 9.84. The van der Waals surface area contributed by atoms with E-state index in [-0.39, 0.29) is 6.04 Å². The summed E-state index contributed by atoms with van der Waals surface area (Å²) in [6.07, 6.45) is 2.63. The molecule has 1 rings (SSSR count). The van der Waals surface area contributed by atoms with E-state index in [2.05, 4.69) is 4.72 Å². The van der Waals surface area contributed by atoms with Crippen LogP contribution in [0.4, 0.5) is 0 Å². The minimum atomic E-state index is -0.948. The largest absolute Gasteiger partial charge is 0.279 e. The van der Waals surface area contributed by atoms with Gasteiger partial charge in [-0.2, -0.15) is 0 Å². The molecule has 0 heterocycles. The molecular formula is C7H15N3O2S. The second kappa shape index (κ2) is 4.69. The molecular weight excluding hydrogens is 190 g/mol. The van der Waals surface area contributed by atoms with Gasteiger partial charge in [-0.15, -0.1) is 0 Å². The first kappa shape index (κ1) is 10.6. The summed E-state index contributed by atoms with van der Waals surface area (Å²) in [7, 11) is -0.948. The monoisotopic (exact) mass is 205 g/mol. The van der Waals surface area contributed by atoms with Gasteiger partial charge >= 0.3 is 0 Å². The van der Waals surface area contributed by atoms with Gasteiger partial charge in [-0.3, -0.25) is 9.80 Å². The Balaban J connectivity index is 2.16. The smallest absolute Gasteiger partial charge is 0.223 e. The van der Waals surface area contributed by atoms with Crippen molar-refractivity contribution >= 4 is 17.4 Å². The van der Waals surface area contributed by atoms with Crippen LogP contribution in [0.1, 0.15) is 19.8 Å². The lowest BCUT2D eigenvalue weighted by Gasteiger charge is -2.19. The number of nitrogens with one attached hydrogen (secondary N) is 1. The second-order valence-corrected chi connectivity index (χ2v) is 4.80. The summed E-state index contributed by atoms with van der Waals surface area (Å²) in [5, 5.41) is 1.38. The molecule has 0 aliphatic heterocycles. The summed E-state index contributed by atoms with van der Waals surface area (Å²) in [6.45, 7) is 2.27. The van der Waals surface area contributed by atoms with Crippen LogP contribution in [0, 0.1) is 0 Å². The number of carbonyl (C=O) groups excluding carboxylic acids is 1. The Labute approximate surface area is 80.2 Å². The first-order valence-corrected chi connectivity index (χ1v) is 5.49. The SMILES string of the molecule is CC(CNS(=O)C1CC1)N(N)C=O. The Morgan fingerprint density at radius 3 is 2.85 bits per heavy atom. The van der Waals surface area contributed by atoms with E-state index < -0.39 is 11.0 Å². The molecule has 0 saturated heterocycles. The fourth-order valence-electron chi connectivity index (χ4n) is 0.812. The summed E-state index contributed by atoms with van der Waals surface area (Å²) in [6, 6.07) is -0.125. The molecule has 0 radical (unpaired) electrons. The molecule has 0 aromatic heterocycles. The Bertz CT molecular complexity index is 208. The van der Waals surface area contributed by atoms with Crippen molar-refractivity contribution in [2.45, 2.75) is 31.1 Å². The number of nitrogens with zero attached hydrogens (tertiary/aromatic N) is 1. The second-order valence-electron chi connectivity index (χ2n) is 3.25. The van der Waals surface area contributed by atoms with Crippen LogP contribution in [0.5, 0.6) is 0 Å². The molecule has 6 heteroatoms. The Morgan fingerprint density at radius 1 is 1.77 bits per heavy atom. The van der Waals surface area contributed by atoms with E-state index in [0.717, 1.165) is 17.9 Å². The van der Waals surface area contributed by atoms with Gasteiger partial charge in [0.15, 0.2) is 0 Å². The molecule has 0 aromatic rings. The van der Waals surface area contributed by atoms with Gasteiger partial charge in [0.2, 0.25) is 6.41 Å². The molecule has 3 N–H and O–H groups in total. The molecule has 2 unspecified atom stereocenters. The quantitative estimate of drug-likeness (QED) is 0.256. The minimum Gasteiger partial charge on any atom is -0.279 e. The maximum atomic E-state index is 11.3. The lowest BCUT2D eigenvalue weighted by molar-refractivity contribution is -0.120. The number of amides is 1. The van der Waals surface area contributed by atoms with Gasteiger partial charge in [0.1, 0.15) is 0 Å². The van der Waals surface area contributed by atoms with E-state index >= 15 is 0 Å². The molecule has 0 bridgehead atoms. The fraction of sp³-hybridized carbons (Fsp3) is 0.857. The highest BCUT2D eigenvalue weighted by molar-refractivity contribution is 7.84. The Morgan fingerprint density at radius 2 is 2.38 bits per heavy atom. The van der Waals surface area contributed by atoms with Gasteiger partial charge in [0, 0.05) is 11.8 Å². The maximum Gasteiger partial charge on any atom is 0.223 e. The number of nitrogens with two attached hydrogens (primary N) is 1. The summed E-state index contributed by atoms with van der Waals surface area (Å²) < 4.78 is 14.1. The van der Waals surface area contributed by atoms with E-state index in [1.807, 2.05) is 0 Å². The van der Waals surface area contributed by atoms with Crippen LogP contribution in [0.15, 0.2) is 0 Å². The number of rotatable bonds is 6. The molecule has 2 atom stereocenters. The maximum absolute atomic E-state index is 11.3. The van der Waals surface area contributed by atoms with Crippen LogP contribution in [-0.2, 0) is 15.8 Å². The lowest BCUT2D eigenvalue weighted by Crippen LogP contribution is -2.44.